The lowest BCUT2D eigenvalue weighted by Gasteiger charge is -2.25. The van der Waals surface area contributed by atoms with Gasteiger partial charge in [0.05, 0.1) is 28.8 Å². The molecule has 0 saturated heterocycles. The number of hydrogen-bond acceptors (Lipinski definition) is 4. The molecule has 32 heavy (non-hydrogen) atoms. The first-order chi connectivity index (χ1) is 15.2. The van der Waals surface area contributed by atoms with E-state index in [4.69, 9.17) is 16.3 Å². The van der Waals surface area contributed by atoms with Crippen molar-refractivity contribution < 1.29 is 17.9 Å². The van der Waals surface area contributed by atoms with Crippen molar-refractivity contribution in [2.24, 2.45) is 0 Å². The zero-order chi connectivity index (χ0) is 23.3. The molecule has 3 rings (SSSR count). The summed E-state index contributed by atoms with van der Waals surface area (Å²) in [4.78, 5) is 13.0. The summed E-state index contributed by atoms with van der Waals surface area (Å²) in [6, 6.07) is 20.2. The monoisotopic (exact) mass is 472 g/mol. The normalized spacial score (nSPS) is 12.1. The first kappa shape index (κ1) is 23.6. The van der Waals surface area contributed by atoms with Crippen LogP contribution in [-0.4, -0.2) is 28.0 Å². The maximum absolute atomic E-state index is 13.5. The highest BCUT2D eigenvalue weighted by Crippen LogP contribution is 2.32. The first-order valence-electron chi connectivity index (χ1n) is 9.99. The number of hydrogen-bond donors (Lipinski definition) is 1. The summed E-state index contributed by atoms with van der Waals surface area (Å²) in [5, 5.41) is 3.11. The molecule has 0 bridgehead atoms. The summed E-state index contributed by atoms with van der Waals surface area (Å²) in [7, 11) is -2.56. The third kappa shape index (κ3) is 5.41. The predicted molar refractivity (Wildman–Crippen MR) is 127 cm³/mol. The number of rotatable bonds is 8. The van der Waals surface area contributed by atoms with Gasteiger partial charge in [-0.25, -0.2) is 8.42 Å². The zero-order valence-corrected chi connectivity index (χ0v) is 19.7. The average Bonchev–Trinajstić information content (AvgIpc) is 2.78. The highest BCUT2D eigenvalue weighted by atomic mass is 35.5. The van der Waals surface area contributed by atoms with Gasteiger partial charge in [0.25, 0.3) is 10.0 Å². The van der Waals surface area contributed by atoms with Crippen LogP contribution in [-0.2, 0) is 14.8 Å². The third-order valence-electron chi connectivity index (χ3n) is 5.00. The van der Waals surface area contributed by atoms with Crippen LogP contribution in [0.15, 0.2) is 77.7 Å². The lowest BCUT2D eigenvalue weighted by molar-refractivity contribution is -0.120. The average molecular weight is 473 g/mol. The lowest BCUT2D eigenvalue weighted by atomic mass is 10.1. The molecule has 168 valence electrons. The van der Waals surface area contributed by atoms with Gasteiger partial charge in [-0.15, -0.1) is 0 Å². The molecule has 0 spiro atoms. The standard InChI is InChI=1S/C24H25ClN2O4S/c1-17-9-12-21(13-10-17)32(29,30)27(20-11-14-23(31-3)22(25)15-20)16-24(28)26-18(2)19-7-5-4-6-8-19/h4-15,18H,16H2,1-3H3,(H,26,28)/t18-/m0/s1. The number of ether oxygens (including phenoxy) is 1. The number of benzene rings is 3. The van der Waals surface area contributed by atoms with Crippen molar-refractivity contribution in [2.75, 3.05) is 18.0 Å². The maximum atomic E-state index is 13.5. The number of carbonyl (C=O) groups excluding carboxylic acids is 1. The van der Waals surface area contributed by atoms with Crippen LogP contribution >= 0.6 is 11.6 Å². The van der Waals surface area contributed by atoms with Gasteiger partial charge in [-0.2, -0.15) is 0 Å². The van der Waals surface area contributed by atoms with Crippen molar-refractivity contribution in [3.8, 4) is 5.75 Å². The van der Waals surface area contributed by atoms with Crippen LogP contribution in [0.3, 0.4) is 0 Å². The van der Waals surface area contributed by atoms with Gasteiger partial charge in [-0.1, -0.05) is 59.6 Å². The van der Waals surface area contributed by atoms with E-state index in [9.17, 15) is 13.2 Å². The van der Waals surface area contributed by atoms with Crippen LogP contribution in [0.2, 0.25) is 5.02 Å². The Kier molecular flexibility index (Phi) is 7.43. The van der Waals surface area contributed by atoms with Crippen molar-refractivity contribution in [3.05, 3.63) is 88.9 Å². The molecule has 0 aromatic heterocycles. The molecule has 0 heterocycles. The van der Waals surface area contributed by atoms with E-state index in [0.29, 0.717) is 5.75 Å². The van der Waals surface area contributed by atoms with E-state index >= 15 is 0 Å². The van der Waals surface area contributed by atoms with Gasteiger partial charge < -0.3 is 10.1 Å². The number of nitrogens with one attached hydrogen (secondary N) is 1. The minimum absolute atomic E-state index is 0.0824. The van der Waals surface area contributed by atoms with Gasteiger partial charge in [0.1, 0.15) is 12.3 Å². The molecule has 1 N–H and O–H groups in total. The van der Waals surface area contributed by atoms with E-state index < -0.39 is 22.5 Å². The molecule has 0 aliphatic heterocycles. The molecule has 8 heteroatoms. The third-order valence-corrected chi connectivity index (χ3v) is 7.08. The zero-order valence-electron chi connectivity index (χ0n) is 18.1. The summed E-state index contributed by atoms with van der Waals surface area (Å²) >= 11 is 6.24. The Balaban J connectivity index is 1.94. The first-order valence-corrected chi connectivity index (χ1v) is 11.8. The minimum atomic E-state index is -4.03. The second-order valence-corrected chi connectivity index (χ2v) is 9.61. The van der Waals surface area contributed by atoms with Crippen molar-refractivity contribution in [3.63, 3.8) is 0 Å². The molecule has 3 aromatic carbocycles. The summed E-state index contributed by atoms with van der Waals surface area (Å²) in [6.07, 6.45) is 0. The molecule has 0 fully saturated rings. The summed E-state index contributed by atoms with van der Waals surface area (Å²) in [5.41, 5.74) is 2.11. The SMILES string of the molecule is COc1ccc(N(CC(=O)N[C@@H](C)c2ccccc2)S(=O)(=O)c2ccc(C)cc2)cc1Cl. The molecule has 0 saturated carbocycles. The van der Waals surface area contributed by atoms with E-state index in [1.165, 1.54) is 25.3 Å². The second kappa shape index (κ2) is 10.1. The van der Waals surface area contributed by atoms with Gasteiger partial charge in [0, 0.05) is 0 Å². The maximum Gasteiger partial charge on any atom is 0.264 e. The summed E-state index contributed by atoms with van der Waals surface area (Å²) < 4.78 is 33.2. The van der Waals surface area contributed by atoms with Gasteiger partial charge in [-0.05, 0) is 49.7 Å². The number of carbonyl (C=O) groups is 1. The quantitative estimate of drug-likeness (QED) is 0.514. The lowest BCUT2D eigenvalue weighted by Crippen LogP contribution is -2.41. The Morgan fingerprint density at radius 3 is 2.31 bits per heavy atom. The number of amides is 1. The fourth-order valence-corrected chi connectivity index (χ4v) is 4.87. The molecule has 1 atom stereocenters. The highest BCUT2D eigenvalue weighted by molar-refractivity contribution is 7.92. The van der Waals surface area contributed by atoms with E-state index in [1.807, 2.05) is 44.2 Å². The van der Waals surface area contributed by atoms with Crippen molar-refractivity contribution >= 4 is 33.2 Å². The molecule has 0 aliphatic carbocycles. The topological polar surface area (TPSA) is 75.7 Å². The Bertz CT molecular complexity index is 1180. The molecule has 0 aliphatic rings. The van der Waals surface area contributed by atoms with Crippen molar-refractivity contribution in [2.45, 2.75) is 24.8 Å². The van der Waals surface area contributed by atoms with Crippen LogP contribution in [0.5, 0.6) is 5.75 Å². The Morgan fingerprint density at radius 1 is 1.06 bits per heavy atom. The molecular formula is C24H25ClN2O4S. The Hall–Kier alpha value is -3.03. The Morgan fingerprint density at radius 2 is 1.72 bits per heavy atom. The van der Waals surface area contributed by atoms with E-state index in [-0.39, 0.29) is 21.6 Å². The smallest absolute Gasteiger partial charge is 0.264 e. The fraction of sp³-hybridized carbons (Fsp3) is 0.208. The van der Waals surface area contributed by atoms with Crippen molar-refractivity contribution in [1.29, 1.82) is 0 Å². The number of sulfonamides is 1. The van der Waals surface area contributed by atoms with Crippen LogP contribution in [0.4, 0.5) is 5.69 Å². The Labute approximate surface area is 193 Å². The van der Waals surface area contributed by atoms with E-state index in [0.717, 1.165) is 15.4 Å². The number of halogens is 1. The van der Waals surface area contributed by atoms with E-state index in [2.05, 4.69) is 5.32 Å². The van der Waals surface area contributed by atoms with Gasteiger partial charge in [-0.3, -0.25) is 9.10 Å². The number of anilines is 1. The number of methoxy groups -OCH3 is 1. The van der Waals surface area contributed by atoms with Crippen molar-refractivity contribution in [1.82, 2.24) is 5.32 Å². The molecule has 6 nitrogen and oxygen atoms in total. The van der Waals surface area contributed by atoms with Crippen LogP contribution in [0, 0.1) is 6.92 Å². The van der Waals surface area contributed by atoms with Crippen LogP contribution in [0.25, 0.3) is 0 Å². The summed E-state index contributed by atoms with van der Waals surface area (Å²) in [6.45, 7) is 3.31. The molecular weight excluding hydrogens is 448 g/mol. The molecule has 3 aromatic rings. The molecule has 0 radical (unpaired) electrons. The highest BCUT2D eigenvalue weighted by Gasteiger charge is 2.28. The predicted octanol–water partition coefficient (Wildman–Crippen LogP) is 4.73. The molecule has 0 unspecified atom stereocenters. The summed E-state index contributed by atoms with van der Waals surface area (Å²) in [5.74, 6) is -0.0331. The number of nitrogens with zero attached hydrogens (tertiary/aromatic N) is 1. The molecule has 1 amide bonds. The van der Waals surface area contributed by atoms with Crippen LogP contribution < -0.4 is 14.4 Å². The second-order valence-electron chi connectivity index (χ2n) is 7.34. The largest absolute Gasteiger partial charge is 0.495 e. The number of aryl methyl sites for hydroxylation is 1. The fourth-order valence-electron chi connectivity index (χ4n) is 3.21. The minimum Gasteiger partial charge on any atom is -0.495 e. The van der Waals surface area contributed by atoms with Gasteiger partial charge >= 0.3 is 0 Å². The van der Waals surface area contributed by atoms with Gasteiger partial charge in [0.2, 0.25) is 5.91 Å². The van der Waals surface area contributed by atoms with E-state index in [1.54, 1.807) is 24.3 Å². The van der Waals surface area contributed by atoms with Crippen LogP contribution in [0.1, 0.15) is 24.1 Å². The van der Waals surface area contributed by atoms with Gasteiger partial charge in [0.15, 0.2) is 0 Å².